The fraction of sp³-hybridized carbons (Fsp3) is 0. The van der Waals surface area contributed by atoms with Crippen LogP contribution in [0.3, 0.4) is 0 Å². The first kappa shape index (κ1) is 25.6. The van der Waals surface area contributed by atoms with Crippen molar-refractivity contribution in [3.05, 3.63) is 82.2 Å². The van der Waals surface area contributed by atoms with E-state index >= 15 is 0 Å². The lowest BCUT2D eigenvalue weighted by Crippen LogP contribution is -2.35. The van der Waals surface area contributed by atoms with Crippen molar-refractivity contribution < 1.29 is 40.6 Å². The van der Waals surface area contributed by atoms with Gasteiger partial charge in [0.15, 0.2) is 0 Å². The zero-order chi connectivity index (χ0) is 27.1. The van der Waals surface area contributed by atoms with Crippen LogP contribution in [-0.2, 0) is 29.8 Å². The number of nitrogens with one attached hydrogen (secondary N) is 2. The topological polar surface area (TPSA) is 216 Å². The van der Waals surface area contributed by atoms with Gasteiger partial charge in [0, 0.05) is 0 Å². The van der Waals surface area contributed by atoms with Gasteiger partial charge in [-0.2, -0.15) is 16.8 Å². The number of aromatic hydroxyl groups is 1. The molecule has 1 aliphatic rings. The van der Waals surface area contributed by atoms with Gasteiger partial charge in [-0.3, -0.25) is 34.0 Å². The maximum Gasteiger partial charge on any atom is 0.294 e. The van der Waals surface area contributed by atoms with Gasteiger partial charge in [-0.25, -0.2) is 9.69 Å². The van der Waals surface area contributed by atoms with Crippen molar-refractivity contribution >= 4 is 43.8 Å². The summed E-state index contributed by atoms with van der Waals surface area (Å²) in [5.74, 6) is -2.13. The van der Waals surface area contributed by atoms with Crippen LogP contribution in [0.15, 0.2) is 80.8 Å². The number of nitrogens with zero attached hydrogens (tertiary/aromatic N) is 2. The molecule has 0 radical (unpaired) electrons. The first-order valence-electron chi connectivity index (χ1n) is 10.0. The van der Waals surface area contributed by atoms with E-state index in [1.165, 1.54) is 30.3 Å². The highest BCUT2D eigenvalue weighted by molar-refractivity contribution is 7.86. The SMILES string of the molecule is O=C1NN(c2ccc(S(=O)(=O)O)cc2)C(=O)/C1=C/C=C/c1c(O)n(-c2ccc(S(=O)(=O)O)cc2)[nH]c1=O. The maximum absolute atomic E-state index is 12.7. The molecular weight excluding hydrogens is 532 g/mol. The molecule has 4 rings (SSSR count). The van der Waals surface area contributed by atoms with Crippen molar-refractivity contribution in [2.75, 3.05) is 5.01 Å². The summed E-state index contributed by atoms with van der Waals surface area (Å²) in [6.07, 6.45) is 3.41. The molecule has 14 nitrogen and oxygen atoms in total. The molecule has 192 valence electrons. The van der Waals surface area contributed by atoms with Crippen LogP contribution in [-0.4, -0.2) is 52.6 Å². The third-order valence-corrected chi connectivity index (χ3v) is 6.85. The largest absolute Gasteiger partial charge is 0.493 e. The summed E-state index contributed by atoms with van der Waals surface area (Å²) < 4.78 is 63.7. The molecular formula is C21H16N4O10S2. The molecule has 0 bridgehead atoms. The molecule has 1 fully saturated rings. The van der Waals surface area contributed by atoms with Gasteiger partial charge >= 0.3 is 0 Å². The molecule has 2 aromatic carbocycles. The maximum atomic E-state index is 12.7. The summed E-state index contributed by atoms with van der Waals surface area (Å²) >= 11 is 0. The second kappa shape index (κ2) is 9.17. The predicted octanol–water partition coefficient (Wildman–Crippen LogP) is 0.382. The summed E-state index contributed by atoms with van der Waals surface area (Å²) in [6, 6.07) is 9.07. The lowest BCUT2D eigenvalue weighted by Gasteiger charge is -2.14. The standard InChI is InChI=1S/C21H16N4O10S2/c26-18-16(20(28)24(22-18)12-4-8-14(9-5-12)36(30,31)32)2-1-3-17-19(27)23-25(21(17)29)13-6-10-15(11-7-13)37(33,34)35/h1-11,28H,(H,22,26)(H,23,27)(H,30,31,32)(H,33,34,35)/b2-1+,17-3+. The first-order valence-corrected chi connectivity index (χ1v) is 12.9. The number of hydrogen-bond donors (Lipinski definition) is 5. The van der Waals surface area contributed by atoms with Crippen LogP contribution in [0, 0.1) is 0 Å². The van der Waals surface area contributed by atoms with E-state index < -0.39 is 48.4 Å². The summed E-state index contributed by atoms with van der Waals surface area (Å²) in [6.45, 7) is 0. The number of aromatic amines is 1. The molecule has 0 aliphatic carbocycles. The Balaban J connectivity index is 1.56. The highest BCUT2D eigenvalue weighted by atomic mass is 32.2. The van der Waals surface area contributed by atoms with Crippen LogP contribution in [0.25, 0.3) is 11.8 Å². The van der Waals surface area contributed by atoms with E-state index in [-0.39, 0.29) is 27.4 Å². The fourth-order valence-corrected chi connectivity index (χ4v) is 4.27. The van der Waals surface area contributed by atoms with Gasteiger partial charge in [0.2, 0.25) is 5.88 Å². The summed E-state index contributed by atoms with van der Waals surface area (Å²) in [4.78, 5) is 36.4. The van der Waals surface area contributed by atoms with E-state index in [1.807, 2.05) is 0 Å². The number of amides is 2. The smallest absolute Gasteiger partial charge is 0.294 e. The van der Waals surface area contributed by atoms with E-state index in [0.29, 0.717) is 0 Å². The summed E-state index contributed by atoms with van der Waals surface area (Å²) in [7, 11) is -8.88. The number of benzene rings is 2. The summed E-state index contributed by atoms with van der Waals surface area (Å²) in [5, 5.41) is 13.6. The van der Waals surface area contributed by atoms with Crippen molar-refractivity contribution in [1.82, 2.24) is 15.2 Å². The number of rotatable bonds is 6. The van der Waals surface area contributed by atoms with Gasteiger partial charge < -0.3 is 5.11 Å². The molecule has 3 aromatic rings. The van der Waals surface area contributed by atoms with E-state index in [4.69, 9.17) is 9.11 Å². The van der Waals surface area contributed by atoms with Crippen molar-refractivity contribution in [3.8, 4) is 11.6 Å². The van der Waals surface area contributed by atoms with E-state index in [0.717, 1.165) is 46.1 Å². The second-order valence-corrected chi connectivity index (χ2v) is 10.3. The zero-order valence-corrected chi connectivity index (χ0v) is 19.9. The number of carbonyl (C=O) groups is 2. The fourth-order valence-electron chi connectivity index (χ4n) is 3.31. The molecule has 0 saturated carbocycles. The van der Waals surface area contributed by atoms with Crippen LogP contribution in [0.2, 0.25) is 0 Å². The molecule has 0 unspecified atom stereocenters. The van der Waals surface area contributed by atoms with E-state index in [2.05, 4.69) is 10.5 Å². The average Bonchev–Trinajstić information content (AvgIpc) is 3.28. The van der Waals surface area contributed by atoms with Gasteiger partial charge in [0.25, 0.3) is 37.6 Å². The normalized spacial score (nSPS) is 15.6. The number of carbonyl (C=O) groups excluding carboxylic acids is 2. The number of allylic oxidation sites excluding steroid dienone is 2. The highest BCUT2D eigenvalue weighted by Crippen LogP contribution is 2.23. The van der Waals surface area contributed by atoms with Gasteiger partial charge in [-0.15, -0.1) is 0 Å². The molecule has 2 amide bonds. The summed E-state index contributed by atoms with van der Waals surface area (Å²) in [5.41, 5.74) is 1.27. The van der Waals surface area contributed by atoms with Gasteiger partial charge in [-0.05, 0) is 60.7 Å². The van der Waals surface area contributed by atoms with Gasteiger partial charge in [0.05, 0.1) is 21.2 Å². The Morgan fingerprint density at radius 1 is 0.784 bits per heavy atom. The lowest BCUT2D eigenvalue weighted by atomic mass is 10.2. The Bertz CT molecular complexity index is 1750. The highest BCUT2D eigenvalue weighted by Gasteiger charge is 2.34. The minimum Gasteiger partial charge on any atom is -0.493 e. The van der Waals surface area contributed by atoms with Crippen molar-refractivity contribution in [2.45, 2.75) is 9.79 Å². The second-order valence-electron chi connectivity index (χ2n) is 7.47. The third-order valence-electron chi connectivity index (χ3n) is 5.11. The lowest BCUT2D eigenvalue weighted by molar-refractivity contribution is -0.117. The third kappa shape index (κ3) is 5.07. The Kier molecular flexibility index (Phi) is 6.34. The molecule has 0 spiro atoms. The number of hydrazine groups is 1. The average molecular weight is 549 g/mol. The van der Waals surface area contributed by atoms with Crippen molar-refractivity contribution in [1.29, 1.82) is 0 Å². The first-order chi connectivity index (χ1) is 17.3. The Morgan fingerprint density at radius 3 is 1.81 bits per heavy atom. The number of aromatic nitrogens is 2. The van der Waals surface area contributed by atoms with Crippen LogP contribution >= 0.6 is 0 Å². The van der Waals surface area contributed by atoms with Crippen LogP contribution < -0.4 is 16.0 Å². The molecule has 2 heterocycles. The molecule has 0 atom stereocenters. The van der Waals surface area contributed by atoms with E-state index in [1.54, 1.807) is 0 Å². The van der Waals surface area contributed by atoms with Gasteiger partial charge in [0.1, 0.15) is 11.1 Å². The number of anilines is 1. The van der Waals surface area contributed by atoms with Gasteiger partial charge in [-0.1, -0.05) is 6.08 Å². The number of hydrogen-bond acceptors (Lipinski definition) is 8. The van der Waals surface area contributed by atoms with E-state index in [9.17, 15) is 36.3 Å². The molecule has 5 N–H and O–H groups in total. The predicted molar refractivity (Wildman–Crippen MR) is 127 cm³/mol. The van der Waals surface area contributed by atoms with Crippen LogP contribution in [0.5, 0.6) is 5.88 Å². The molecule has 1 aromatic heterocycles. The molecule has 1 aliphatic heterocycles. The Morgan fingerprint density at radius 2 is 1.30 bits per heavy atom. The minimum atomic E-state index is -4.44. The van der Waals surface area contributed by atoms with Crippen molar-refractivity contribution in [2.24, 2.45) is 0 Å². The molecule has 37 heavy (non-hydrogen) atoms. The molecule has 1 saturated heterocycles. The van der Waals surface area contributed by atoms with Crippen LogP contribution in [0.1, 0.15) is 5.56 Å². The quantitative estimate of drug-likeness (QED) is 0.162. The number of H-pyrrole nitrogens is 1. The molecule has 16 heteroatoms. The van der Waals surface area contributed by atoms with Crippen LogP contribution in [0.4, 0.5) is 5.69 Å². The monoisotopic (exact) mass is 548 g/mol. The Labute approximate surface area is 208 Å². The zero-order valence-electron chi connectivity index (χ0n) is 18.3. The Hall–Kier alpha value is -4.51. The van der Waals surface area contributed by atoms with Crippen molar-refractivity contribution in [3.63, 3.8) is 0 Å². The minimum absolute atomic E-state index is 0.115.